The number of hydrogen-bond donors (Lipinski definition) is 1. The van der Waals surface area contributed by atoms with Gasteiger partial charge in [0.1, 0.15) is 16.6 Å². The molecule has 0 atom stereocenters. The van der Waals surface area contributed by atoms with Crippen molar-refractivity contribution in [3.05, 3.63) is 75.7 Å². The maximum absolute atomic E-state index is 12.0. The topological polar surface area (TPSA) is 101 Å². The van der Waals surface area contributed by atoms with Gasteiger partial charge in [-0.3, -0.25) is 0 Å². The van der Waals surface area contributed by atoms with Gasteiger partial charge in [-0.2, -0.15) is 5.26 Å². The van der Waals surface area contributed by atoms with E-state index in [1.165, 1.54) is 55.5 Å². The normalized spacial score (nSPS) is 11.1. The van der Waals surface area contributed by atoms with E-state index in [1.807, 2.05) is 17.5 Å². The number of carbonyl (C=O) groups is 2. The van der Waals surface area contributed by atoms with E-state index < -0.39 is 11.9 Å². The second-order valence-corrected chi connectivity index (χ2v) is 8.79. The first-order valence-electron chi connectivity index (χ1n) is 10.6. The summed E-state index contributed by atoms with van der Waals surface area (Å²) in [6.07, 6.45) is 2.51. The lowest BCUT2D eigenvalue weighted by Crippen LogP contribution is -2.07. The van der Waals surface area contributed by atoms with Gasteiger partial charge in [-0.25, -0.2) is 14.6 Å². The van der Waals surface area contributed by atoms with Crippen molar-refractivity contribution in [3.8, 4) is 17.3 Å². The Balaban J connectivity index is 1.84. The monoisotopic (exact) mass is 475 g/mol. The summed E-state index contributed by atoms with van der Waals surface area (Å²) in [6, 6.07) is 14.9. The lowest BCUT2D eigenvalue weighted by Gasteiger charge is -2.08. The van der Waals surface area contributed by atoms with Gasteiger partial charge in [0, 0.05) is 22.8 Å². The van der Waals surface area contributed by atoms with Gasteiger partial charge in [0.15, 0.2) is 0 Å². The number of anilines is 1. The van der Waals surface area contributed by atoms with Crippen molar-refractivity contribution in [2.75, 3.05) is 19.5 Å². The van der Waals surface area contributed by atoms with Crippen LogP contribution in [-0.2, 0) is 15.9 Å². The van der Waals surface area contributed by atoms with Crippen molar-refractivity contribution in [3.63, 3.8) is 0 Å². The van der Waals surface area contributed by atoms with Crippen LogP contribution >= 0.6 is 11.3 Å². The van der Waals surface area contributed by atoms with Crippen LogP contribution in [0.4, 0.5) is 5.69 Å². The maximum atomic E-state index is 12.0. The zero-order valence-electron chi connectivity index (χ0n) is 19.4. The van der Waals surface area contributed by atoms with E-state index in [2.05, 4.69) is 42.4 Å². The Kier molecular flexibility index (Phi) is 8.17. The van der Waals surface area contributed by atoms with Gasteiger partial charge in [-0.15, -0.1) is 11.3 Å². The molecule has 1 aromatic heterocycles. The Morgan fingerprint density at radius 3 is 2.24 bits per heavy atom. The van der Waals surface area contributed by atoms with Crippen molar-refractivity contribution in [1.82, 2.24) is 4.98 Å². The third kappa shape index (κ3) is 6.09. The van der Waals surface area contributed by atoms with Gasteiger partial charge in [0.25, 0.3) is 0 Å². The number of esters is 2. The number of aromatic nitrogens is 1. The highest BCUT2D eigenvalue weighted by atomic mass is 32.1. The van der Waals surface area contributed by atoms with Crippen LogP contribution < -0.4 is 5.32 Å². The number of methoxy groups -OCH3 is 2. The predicted molar refractivity (Wildman–Crippen MR) is 132 cm³/mol. The van der Waals surface area contributed by atoms with Crippen LogP contribution in [0.3, 0.4) is 0 Å². The maximum Gasteiger partial charge on any atom is 0.337 e. The Bertz CT molecular complexity index is 1220. The molecule has 0 amide bonds. The van der Waals surface area contributed by atoms with E-state index >= 15 is 0 Å². The van der Waals surface area contributed by atoms with Crippen LogP contribution in [0, 0.1) is 17.2 Å². The molecule has 0 fully saturated rings. The smallest absolute Gasteiger partial charge is 0.337 e. The minimum Gasteiger partial charge on any atom is -0.465 e. The first-order valence-corrected chi connectivity index (χ1v) is 11.5. The number of hydrogen-bond acceptors (Lipinski definition) is 8. The molecule has 0 aliphatic heterocycles. The van der Waals surface area contributed by atoms with Gasteiger partial charge in [-0.1, -0.05) is 38.1 Å². The summed E-state index contributed by atoms with van der Waals surface area (Å²) in [5.41, 5.74) is 4.14. The first kappa shape index (κ1) is 24.7. The fraction of sp³-hybridized carbons (Fsp3) is 0.231. The molecule has 7 nitrogen and oxygen atoms in total. The van der Waals surface area contributed by atoms with E-state index in [1.54, 1.807) is 0 Å². The quantitative estimate of drug-likeness (QED) is 0.336. The summed E-state index contributed by atoms with van der Waals surface area (Å²) in [6.45, 7) is 4.37. The summed E-state index contributed by atoms with van der Waals surface area (Å²) in [7, 11) is 2.51. The van der Waals surface area contributed by atoms with Gasteiger partial charge in [0.05, 0.1) is 31.0 Å². The van der Waals surface area contributed by atoms with Crippen molar-refractivity contribution >= 4 is 34.5 Å². The second kappa shape index (κ2) is 11.3. The largest absolute Gasteiger partial charge is 0.465 e. The molecule has 3 aromatic rings. The average Bonchev–Trinajstić information content (AvgIpc) is 3.33. The number of carbonyl (C=O) groups excluding carboxylic acids is 2. The summed E-state index contributed by atoms with van der Waals surface area (Å²) in [4.78, 5) is 28.6. The molecule has 174 valence electrons. The first-order chi connectivity index (χ1) is 16.3. The van der Waals surface area contributed by atoms with Gasteiger partial charge >= 0.3 is 11.9 Å². The Morgan fingerprint density at radius 2 is 1.71 bits per heavy atom. The molecule has 0 radical (unpaired) electrons. The highest BCUT2D eigenvalue weighted by Crippen LogP contribution is 2.27. The number of allylic oxidation sites excluding steroid dienone is 1. The molecule has 3 rings (SSSR count). The average molecular weight is 476 g/mol. The third-order valence-electron chi connectivity index (χ3n) is 4.91. The fourth-order valence-electron chi connectivity index (χ4n) is 3.29. The highest BCUT2D eigenvalue weighted by Gasteiger charge is 2.14. The van der Waals surface area contributed by atoms with E-state index in [4.69, 9.17) is 9.47 Å². The molecule has 0 aliphatic carbocycles. The summed E-state index contributed by atoms with van der Waals surface area (Å²) < 4.78 is 9.50. The molecule has 0 aliphatic rings. The van der Waals surface area contributed by atoms with E-state index in [0.717, 1.165) is 17.7 Å². The minimum atomic E-state index is -0.595. The highest BCUT2D eigenvalue weighted by molar-refractivity contribution is 7.11. The summed E-state index contributed by atoms with van der Waals surface area (Å²) >= 11 is 1.36. The van der Waals surface area contributed by atoms with Crippen LogP contribution in [0.15, 0.2) is 54.0 Å². The van der Waals surface area contributed by atoms with Gasteiger partial charge in [-0.05, 0) is 36.1 Å². The molecule has 0 unspecified atom stereocenters. The minimum absolute atomic E-state index is 0.178. The summed E-state index contributed by atoms with van der Waals surface area (Å²) in [5, 5.41) is 15.1. The lowest BCUT2D eigenvalue weighted by molar-refractivity contribution is 0.0599. The molecule has 34 heavy (non-hydrogen) atoms. The Labute approximate surface area is 202 Å². The van der Waals surface area contributed by atoms with Crippen LogP contribution in [-0.4, -0.2) is 31.1 Å². The van der Waals surface area contributed by atoms with E-state index in [0.29, 0.717) is 22.2 Å². The van der Waals surface area contributed by atoms with E-state index in [9.17, 15) is 14.9 Å². The molecule has 2 aromatic carbocycles. The van der Waals surface area contributed by atoms with E-state index in [-0.39, 0.29) is 11.1 Å². The molecule has 1 N–H and O–H groups in total. The summed E-state index contributed by atoms with van der Waals surface area (Å²) in [5.74, 6) is -0.603. The lowest BCUT2D eigenvalue weighted by atomic mass is 10.0. The number of nitrogens with zero attached hydrogens (tertiary/aromatic N) is 2. The molecule has 0 bridgehead atoms. The van der Waals surface area contributed by atoms with Crippen LogP contribution in [0.25, 0.3) is 16.8 Å². The number of benzene rings is 2. The Hall–Kier alpha value is -3.96. The number of rotatable bonds is 8. The SMILES string of the molecule is COC(=O)c1cc(N/C=C(\C#N)c2nc(-c3ccc(CC(C)C)cc3)cs2)cc(C(=O)OC)c1. The Morgan fingerprint density at radius 1 is 1.09 bits per heavy atom. The van der Waals surface area contributed by atoms with Gasteiger partial charge in [0.2, 0.25) is 0 Å². The van der Waals surface area contributed by atoms with Crippen molar-refractivity contribution in [2.45, 2.75) is 20.3 Å². The predicted octanol–water partition coefficient (Wildman–Crippen LogP) is 5.56. The number of nitriles is 1. The van der Waals surface area contributed by atoms with Crippen molar-refractivity contribution < 1.29 is 19.1 Å². The number of thiazole rings is 1. The number of ether oxygens (including phenoxy) is 2. The van der Waals surface area contributed by atoms with Crippen LogP contribution in [0.2, 0.25) is 0 Å². The third-order valence-corrected chi connectivity index (χ3v) is 5.78. The zero-order chi connectivity index (χ0) is 24.7. The molecule has 0 spiro atoms. The standard InChI is InChI=1S/C26H25N3O4S/c1-16(2)9-17-5-7-18(8-6-17)23-15-34-24(29-23)21(13-27)14-28-22-11-19(25(30)32-3)10-20(12-22)26(31)33-4/h5-8,10-12,14-16,28H,9H2,1-4H3/b21-14+. The van der Waals surface area contributed by atoms with Crippen molar-refractivity contribution in [2.24, 2.45) is 5.92 Å². The molecule has 1 heterocycles. The van der Waals surface area contributed by atoms with Crippen LogP contribution in [0.5, 0.6) is 0 Å². The zero-order valence-corrected chi connectivity index (χ0v) is 20.2. The molecular weight excluding hydrogens is 450 g/mol. The van der Waals surface area contributed by atoms with Crippen molar-refractivity contribution in [1.29, 1.82) is 5.26 Å². The molecular formula is C26H25N3O4S. The van der Waals surface area contributed by atoms with Gasteiger partial charge < -0.3 is 14.8 Å². The number of nitrogens with one attached hydrogen (secondary N) is 1. The molecule has 0 saturated carbocycles. The molecule has 0 saturated heterocycles. The molecule has 8 heteroatoms. The fourth-order valence-corrected chi connectivity index (χ4v) is 4.09. The second-order valence-electron chi connectivity index (χ2n) is 7.93. The van der Waals surface area contributed by atoms with Crippen LogP contribution in [0.1, 0.15) is 45.1 Å².